The predicted molar refractivity (Wildman–Crippen MR) is 126 cm³/mol. The molecule has 180 valence electrons. The average molecular weight is 490 g/mol. The van der Waals surface area contributed by atoms with Crippen LogP contribution in [0.3, 0.4) is 0 Å². The number of carboxylic acid groups (broad SMARTS) is 1. The molecule has 4 rings (SSSR count). The molecule has 0 aliphatic carbocycles. The van der Waals surface area contributed by atoms with Crippen molar-refractivity contribution in [1.82, 2.24) is 15.3 Å². The van der Waals surface area contributed by atoms with Crippen LogP contribution in [-0.2, 0) is 15.6 Å². The van der Waals surface area contributed by atoms with E-state index in [1.165, 1.54) is 12.1 Å². The lowest BCUT2D eigenvalue weighted by Gasteiger charge is -2.34. The molecule has 3 N–H and O–H groups in total. The molecule has 1 unspecified atom stereocenters. The van der Waals surface area contributed by atoms with Crippen LogP contribution in [0, 0.1) is 10.1 Å². The summed E-state index contributed by atoms with van der Waals surface area (Å²) in [5.41, 5.74) is -0.380. The standard InChI is InChI=1S/C20H23N7O6S/c28-12-13-11-21-5-6-26(13)20-23-17(22-15-4-2-1-3-14(15)19(29)30)16(27(31)32)18(24-20)25-7-9-34(33)10-8-25/h1-4,12-13,21H,5-11H2,(H,29,30)(H,22,23,24). The van der Waals surface area contributed by atoms with Crippen molar-refractivity contribution < 1.29 is 23.8 Å². The van der Waals surface area contributed by atoms with Crippen LogP contribution in [0.2, 0.25) is 0 Å². The van der Waals surface area contributed by atoms with Crippen molar-refractivity contribution in [2.45, 2.75) is 6.04 Å². The van der Waals surface area contributed by atoms with Gasteiger partial charge in [0.2, 0.25) is 17.6 Å². The topological polar surface area (TPSA) is 171 Å². The van der Waals surface area contributed by atoms with Crippen molar-refractivity contribution in [3.8, 4) is 0 Å². The fraction of sp³-hybridized carbons (Fsp3) is 0.400. The van der Waals surface area contributed by atoms with Crippen LogP contribution >= 0.6 is 0 Å². The number of nitrogens with one attached hydrogen (secondary N) is 2. The summed E-state index contributed by atoms with van der Waals surface area (Å²) in [6.45, 7) is 1.93. The van der Waals surface area contributed by atoms with Gasteiger partial charge in [0.25, 0.3) is 0 Å². The highest BCUT2D eigenvalue weighted by Gasteiger charge is 2.34. The van der Waals surface area contributed by atoms with E-state index in [9.17, 15) is 29.0 Å². The lowest BCUT2D eigenvalue weighted by atomic mass is 10.2. The minimum absolute atomic E-state index is 0.0326. The number of para-hydroxylation sites is 1. The van der Waals surface area contributed by atoms with E-state index in [0.29, 0.717) is 44.2 Å². The van der Waals surface area contributed by atoms with Gasteiger partial charge in [-0.25, -0.2) is 4.79 Å². The van der Waals surface area contributed by atoms with Crippen molar-refractivity contribution in [1.29, 1.82) is 0 Å². The third-order valence-electron chi connectivity index (χ3n) is 5.62. The summed E-state index contributed by atoms with van der Waals surface area (Å²) in [4.78, 5) is 47.1. The second-order valence-corrected chi connectivity index (χ2v) is 9.41. The lowest BCUT2D eigenvalue weighted by molar-refractivity contribution is -0.383. The van der Waals surface area contributed by atoms with E-state index in [1.807, 2.05) is 0 Å². The molecule has 0 radical (unpaired) electrons. The summed E-state index contributed by atoms with van der Waals surface area (Å²) in [5, 5.41) is 27.6. The van der Waals surface area contributed by atoms with Crippen molar-refractivity contribution in [2.75, 3.05) is 59.3 Å². The number of carboxylic acids is 1. The summed E-state index contributed by atoms with van der Waals surface area (Å²) in [7, 11) is -1.01. The normalized spacial score (nSPS) is 19.0. The Hall–Kier alpha value is -3.65. The van der Waals surface area contributed by atoms with Crippen LogP contribution in [0.5, 0.6) is 0 Å². The number of nitro groups is 1. The molecule has 2 saturated heterocycles. The summed E-state index contributed by atoms with van der Waals surface area (Å²) < 4.78 is 11.9. The molecular formula is C20H23N7O6S. The molecule has 0 saturated carbocycles. The smallest absolute Gasteiger partial charge is 0.353 e. The molecule has 1 atom stereocenters. The first-order chi connectivity index (χ1) is 16.4. The van der Waals surface area contributed by atoms with Gasteiger partial charge in [-0.05, 0) is 12.1 Å². The van der Waals surface area contributed by atoms with Gasteiger partial charge in [0.15, 0.2) is 0 Å². The molecule has 0 amide bonds. The van der Waals surface area contributed by atoms with Gasteiger partial charge in [0.05, 0.1) is 22.2 Å². The van der Waals surface area contributed by atoms with Crippen LogP contribution in [0.4, 0.5) is 29.0 Å². The van der Waals surface area contributed by atoms with Crippen LogP contribution in [0.1, 0.15) is 10.4 Å². The maximum absolute atomic E-state index is 12.2. The Morgan fingerprint density at radius 1 is 1.26 bits per heavy atom. The first-order valence-corrected chi connectivity index (χ1v) is 12.1. The Morgan fingerprint density at radius 3 is 2.68 bits per heavy atom. The van der Waals surface area contributed by atoms with E-state index >= 15 is 0 Å². The largest absolute Gasteiger partial charge is 0.478 e. The SMILES string of the molecule is O=CC1CNCCN1c1nc(Nc2ccccc2C(=O)O)c([N+](=O)[O-])c(N2CCS(=O)CC2)n1. The van der Waals surface area contributed by atoms with Crippen molar-refractivity contribution in [3.05, 3.63) is 39.9 Å². The van der Waals surface area contributed by atoms with E-state index in [-0.39, 0.29) is 28.8 Å². The minimum atomic E-state index is -1.21. The fourth-order valence-electron chi connectivity index (χ4n) is 3.89. The first kappa shape index (κ1) is 23.5. The first-order valence-electron chi connectivity index (χ1n) is 10.6. The average Bonchev–Trinajstić information content (AvgIpc) is 2.84. The van der Waals surface area contributed by atoms with E-state index in [4.69, 9.17) is 0 Å². The number of aromatic nitrogens is 2. The molecule has 1 aromatic carbocycles. The number of hydrogen-bond donors (Lipinski definition) is 3. The highest BCUT2D eigenvalue weighted by Crippen LogP contribution is 2.37. The maximum atomic E-state index is 12.2. The van der Waals surface area contributed by atoms with E-state index in [2.05, 4.69) is 20.6 Å². The molecule has 0 bridgehead atoms. The van der Waals surface area contributed by atoms with Crippen LogP contribution < -0.4 is 20.4 Å². The van der Waals surface area contributed by atoms with Gasteiger partial charge < -0.3 is 30.3 Å². The second-order valence-electron chi connectivity index (χ2n) is 7.71. The molecule has 14 heteroatoms. The van der Waals surface area contributed by atoms with E-state index < -0.39 is 33.4 Å². The summed E-state index contributed by atoms with van der Waals surface area (Å²) in [6.07, 6.45) is 0.757. The van der Waals surface area contributed by atoms with Gasteiger partial charge >= 0.3 is 11.7 Å². The molecule has 1 aromatic heterocycles. The molecule has 13 nitrogen and oxygen atoms in total. The van der Waals surface area contributed by atoms with Gasteiger partial charge in [-0.3, -0.25) is 14.3 Å². The Bertz CT molecular complexity index is 1140. The third kappa shape index (κ3) is 4.82. The van der Waals surface area contributed by atoms with Gasteiger partial charge in [0, 0.05) is 55.0 Å². The van der Waals surface area contributed by atoms with Crippen LogP contribution in [-0.4, -0.2) is 86.7 Å². The molecule has 2 fully saturated rings. The minimum Gasteiger partial charge on any atom is -0.478 e. The number of carbonyl (C=O) groups is 2. The number of aromatic carboxylic acids is 1. The van der Waals surface area contributed by atoms with Gasteiger partial charge in [-0.2, -0.15) is 9.97 Å². The van der Waals surface area contributed by atoms with Gasteiger partial charge in [0.1, 0.15) is 6.29 Å². The number of rotatable bonds is 7. The molecule has 34 heavy (non-hydrogen) atoms. The van der Waals surface area contributed by atoms with Crippen molar-refractivity contribution in [3.63, 3.8) is 0 Å². The summed E-state index contributed by atoms with van der Waals surface area (Å²) >= 11 is 0. The number of benzene rings is 1. The quantitative estimate of drug-likeness (QED) is 0.278. The zero-order valence-corrected chi connectivity index (χ0v) is 18.9. The zero-order valence-electron chi connectivity index (χ0n) is 18.0. The number of piperazine rings is 1. The number of nitrogens with zero attached hydrogens (tertiary/aromatic N) is 5. The number of aldehydes is 1. The fourth-order valence-corrected chi connectivity index (χ4v) is 4.94. The van der Waals surface area contributed by atoms with E-state index in [0.717, 1.165) is 6.29 Å². The molecule has 2 aliphatic rings. The second kappa shape index (κ2) is 10.1. The highest BCUT2D eigenvalue weighted by molar-refractivity contribution is 7.85. The molecule has 0 spiro atoms. The van der Waals surface area contributed by atoms with Crippen molar-refractivity contribution in [2.24, 2.45) is 0 Å². The Morgan fingerprint density at radius 2 is 2.00 bits per heavy atom. The van der Waals surface area contributed by atoms with Crippen LogP contribution in [0.15, 0.2) is 24.3 Å². The van der Waals surface area contributed by atoms with Crippen molar-refractivity contribution >= 4 is 52.0 Å². The Kier molecular flexibility index (Phi) is 6.98. The number of hydrogen-bond acceptors (Lipinski definition) is 11. The van der Waals surface area contributed by atoms with Gasteiger partial charge in [-0.1, -0.05) is 12.1 Å². The van der Waals surface area contributed by atoms with Crippen LogP contribution in [0.25, 0.3) is 0 Å². The van der Waals surface area contributed by atoms with Gasteiger partial charge in [-0.15, -0.1) is 0 Å². The predicted octanol–water partition coefficient (Wildman–Crippen LogP) is 0.372. The third-order valence-corrected chi connectivity index (χ3v) is 6.90. The molecule has 3 heterocycles. The van der Waals surface area contributed by atoms with E-state index in [1.54, 1.807) is 21.9 Å². The summed E-state index contributed by atoms with van der Waals surface area (Å²) in [5.74, 6) is -0.570. The Balaban J connectivity index is 1.86. The monoisotopic (exact) mass is 489 g/mol. The highest BCUT2D eigenvalue weighted by atomic mass is 32.2. The lowest BCUT2D eigenvalue weighted by Crippen LogP contribution is -2.53. The molecular weight excluding hydrogens is 466 g/mol. The Labute approximate surface area is 196 Å². The maximum Gasteiger partial charge on any atom is 0.353 e. The molecule has 2 aromatic rings. The summed E-state index contributed by atoms with van der Waals surface area (Å²) in [6, 6.07) is 5.43. The zero-order chi connectivity index (χ0) is 24.2. The number of anilines is 4. The molecule has 2 aliphatic heterocycles. The number of carbonyl (C=O) groups excluding carboxylic acids is 1.